The fourth-order valence-electron chi connectivity index (χ4n) is 2.02. The molecule has 21 heavy (non-hydrogen) atoms. The number of hydrogen-bond donors (Lipinski definition) is 2. The Morgan fingerprint density at radius 1 is 1.14 bits per heavy atom. The highest BCUT2D eigenvalue weighted by Gasteiger charge is 2.10. The summed E-state index contributed by atoms with van der Waals surface area (Å²) in [5.74, 6) is -0.0887. The minimum absolute atomic E-state index is 0.0887. The summed E-state index contributed by atoms with van der Waals surface area (Å²) in [5, 5.41) is 6.86. The number of benzene rings is 2. The molecule has 2 aromatic rings. The van der Waals surface area contributed by atoms with Gasteiger partial charge >= 0.3 is 0 Å². The molecule has 0 fully saturated rings. The van der Waals surface area contributed by atoms with E-state index in [1.807, 2.05) is 48.5 Å². The average Bonchev–Trinajstić information content (AvgIpc) is 2.51. The zero-order chi connectivity index (χ0) is 15.1. The van der Waals surface area contributed by atoms with Gasteiger partial charge in [0.1, 0.15) is 0 Å². The second-order valence-electron chi connectivity index (χ2n) is 4.78. The molecule has 4 heteroatoms. The van der Waals surface area contributed by atoms with Crippen molar-refractivity contribution in [3.8, 4) is 0 Å². The molecule has 0 bridgehead atoms. The van der Waals surface area contributed by atoms with E-state index in [1.165, 1.54) is 0 Å². The van der Waals surface area contributed by atoms with E-state index < -0.39 is 0 Å². The van der Waals surface area contributed by atoms with Gasteiger partial charge in [-0.05, 0) is 36.2 Å². The van der Waals surface area contributed by atoms with Gasteiger partial charge in [0, 0.05) is 23.8 Å². The summed E-state index contributed by atoms with van der Waals surface area (Å²) in [6.45, 7) is 3.40. The van der Waals surface area contributed by atoms with Crippen molar-refractivity contribution in [2.24, 2.45) is 0 Å². The van der Waals surface area contributed by atoms with Crippen LogP contribution in [0.4, 0.5) is 5.69 Å². The highest BCUT2D eigenvalue weighted by atomic mass is 35.5. The summed E-state index contributed by atoms with van der Waals surface area (Å²) >= 11 is 5.94. The molecule has 0 spiro atoms. The molecule has 2 aromatic carbocycles. The van der Waals surface area contributed by atoms with Crippen LogP contribution in [0.3, 0.4) is 0 Å². The van der Waals surface area contributed by atoms with Crippen molar-refractivity contribution < 1.29 is 4.79 Å². The lowest BCUT2D eigenvalue weighted by Gasteiger charge is -2.11. The van der Waals surface area contributed by atoms with Gasteiger partial charge in [0.2, 0.25) is 0 Å². The first-order valence-corrected chi connectivity index (χ1v) is 7.44. The number of amides is 1. The minimum Gasteiger partial charge on any atom is -0.384 e. The third-order valence-electron chi connectivity index (χ3n) is 3.08. The Morgan fingerprint density at radius 2 is 1.95 bits per heavy atom. The van der Waals surface area contributed by atoms with Crippen molar-refractivity contribution in [2.45, 2.75) is 19.9 Å². The molecule has 0 heterocycles. The number of hydrogen-bond acceptors (Lipinski definition) is 2. The van der Waals surface area contributed by atoms with Crippen LogP contribution in [0.5, 0.6) is 0 Å². The van der Waals surface area contributed by atoms with E-state index in [0.29, 0.717) is 17.1 Å². The van der Waals surface area contributed by atoms with Gasteiger partial charge in [0.05, 0.1) is 5.56 Å². The monoisotopic (exact) mass is 302 g/mol. The molecule has 110 valence electrons. The van der Waals surface area contributed by atoms with Crippen LogP contribution in [0.2, 0.25) is 5.02 Å². The van der Waals surface area contributed by atoms with Gasteiger partial charge in [-0.25, -0.2) is 0 Å². The quantitative estimate of drug-likeness (QED) is 0.844. The molecule has 3 nitrogen and oxygen atoms in total. The molecule has 2 N–H and O–H groups in total. The van der Waals surface area contributed by atoms with Gasteiger partial charge in [-0.15, -0.1) is 0 Å². The summed E-state index contributed by atoms with van der Waals surface area (Å²) < 4.78 is 0. The van der Waals surface area contributed by atoms with E-state index in [1.54, 1.807) is 0 Å². The van der Waals surface area contributed by atoms with Crippen molar-refractivity contribution in [1.82, 2.24) is 5.32 Å². The number of halogens is 1. The Balaban J connectivity index is 2.03. The zero-order valence-corrected chi connectivity index (χ0v) is 12.8. The molecular formula is C17H19ClN2O. The summed E-state index contributed by atoms with van der Waals surface area (Å²) in [5.41, 5.74) is 2.51. The molecule has 0 aliphatic rings. The van der Waals surface area contributed by atoms with E-state index in [2.05, 4.69) is 17.6 Å². The molecule has 0 saturated carbocycles. The molecular weight excluding hydrogens is 284 g/mol. The van der Waals surface area contributed by atoms with Crippen LogP contribution in [-0.4, -0.2) is 12.5 Å². The van der Waals surface area contributed by atoms with Crippen molar-refractivity contribution in [3.63, 3.8) is 0 Å². The Kier molecular flexibility index (Phi) is 5.64. The van der Waals surface area contributed by atoms with Crippen LogP contribution in [0, 0.1) is 0 Å². The molecule has 0 atom stereocenters. The van der Waals surface area contributed by atoms with Crippen molar-refractivity contribution in [3.05, 3.63) is 64.7 Å². The standard InChI is InChI=1S/C17H19ClN2O/c1-2-10-19-16-9-4-3-8-15(16)17(21)20-12-13-6-5-7-14(18)11-13/h3-9,11,19H,2,10,12H2,1H3,(H,20,21). The van der Waals surface area contributed by atoms with Crippen LogP contribution in [-0.2, 0) is 6.54 Å². The predicted molar refractivity (Wildman–Crippen MR) is 87.8 cm³/mol. The highest BCUT2D eigenvalue weighted by molar-refractivity contribution is 6.30. The van der Waals surface area contributed by atoms with Crippen molar-refractivity contribution >= 4 is 23.2 Å². The molecule has 0 saturated heterocycles. The SMILES string of the molecule is CCCNc1ccccc1C(=O)NCc1cccc(Cl)c1. The first-order valence-electron chi connectivity index (χ1n) is 7.06. The van der Waals surface area contributed by atoms with Crippen LogP contribution < -0.4 is 10.6 Å². The van der Waals surface area contributed by atoms with Crippen LogP contribution in [0.1, 0.15) is 29.3 Å². The normalized spacial score (nSPS) is 10.2. The molecule has 0 aliphatic carbocycles. The van der Waals surface area contributed by atoms with E-state index in [4.69, 9.17) is 11.6 Å². The molecule has 1 amide bonds. The molecule has 0 radical (unpaired) electrons. The second kappa shape index (κ2) is 7.70. The van der Waals surface area contributed by atoms with Crippen molar-refractivity contribution in [2.75, 3.05) is 11.9 Å². The Labute approximate surface area is 130 Å². The average molecular weight is 303 g/mol. The maximum Gasteiger partial charge on any atom is 0.253 e. The molecule has 0 aliphatic heterocycles. The summed E-state index contributed by atoms with van der Waals surface area (Å²) in [7, 11) is 0. The lowest BCUT2D eigenvalue weighted by atomic mass is 10.1. The first-order chi connectivity index (χ1) is 10.2. The highest BCUT2D eigenvalue weighted by Crippen LogP contribution is 2.15. The zero-order valence-electron chi connectivity index (χ0n) is 12.0. The second-order valence-corrected chi connectivity index (χ2v) is 5.22. The number of para-hydroxylation sites is 1. The Morgan fingerprint density at radius 3 is 2.71 bits per heavy atom. The van der Waals surface area contributed by atoms with Gasteiger partial charge in [-0.2, -0.15) is 0 Å². The van der Waals surface area contributed by atoms with Gasteiger partial charge in [-0.3, -0.25) is 4.79 Å². The van der Waals surface area contributed by atoms with Gasteiger partial charge in [0.25, 0.3) is 5.91 Å². The van der Waals surface area contributed by atoms with E-state index >= 15 is 0 Å². The summed E-state index contributed by atoms with van der Waals surface area (Å²) in [4.78, 5) is 12.3. The molecule has 0 unspecified atom stereocenters. The van der Waals surface area contributed by atoms with Crippen LogP contribution in [0.25, 0.3) is 0 Å². The minimum atomic E-state index is -0.0887. The third-order valence-corrected chi connectivity index (χ3v) is 3.31. The van der Waals surface area contributed by atoms with E-state index in [-0.39, 0.29) is 5.91 Å². The smallest absolute Gasteiger partial charge is 0.253 e. The predicted octanol–water partition coefficient (Wildman–Crippen LogP) is 4.09. The topological polar surface area (TPSA) is 41.1 Å². The Hall–Kier alpha value is -2.00. The maximum atomic E-state index is 12.3. The number of rotatable bonds is 6. The first kappa shape index (κ1) is 15.4. The van der Waals surface area contributed by atoms with Gasteiger partial charge < -0.3 is 10.6 Å². The van der Waals surface area contributed by atoms with Crippen molar-refractivity contribution in [1.29, 1.82) is 0 Å². The largest absolute Gasteiger partial charge is 0.384 e. The summed E-state index contributed by atoms with van der Waals surface area (Å²) in [6, 6.07) is 15.0. The van der Waals surface area contributed by atoms with E-state index in [0.717, 1.165) is 24.2 Å². The maximum absolute atomic E-state index is 12.3. The van der Waals surface area contributed by atoms with Crippen LogP contribution >= 0.6 is 11.6 Å². The lowest BCUT2D eigenvalue weighted by molar-refractivity contribution is 0.0951. The van der Waals surface area contributed by atoms with E-state index in [9.17, 15) is 4.79 Å². The third kappa shape index (κ3) is 4.50. The Bertz CT molecular complexity index is 613. The number of carbonyl (C=O) groups excluding carboxylic acids is 1. The molecule has 0 aromatic heterocycles. The van der Waals surface area contributed by atoms with Crippen LogP contribution in [0.15, 0.2) is 48.5 Å². The lowest BCUT2D eigenvalue weighted by Crippen LogP contribution is -2.24. The number of anilines is 1. The van der Waals surface area contributed by atoms with Gasteiger partial charge in [0.15, 0.2) is 0 Å². The fourth-order valence-corrected chi connectivity index (χ4v) is 2.23. The summed E-state index contributed by atoms with van der Waals surface area (Å²) in [6.07, 6.45) is 1.01. The van der Waals surface area contributed by atoms with Gasteiger partial charge in [-0.1, -0.05) is 42.8 Å². The number of carbonyl (C=O) groups is 1. The molecule has 2 rings (SSSR count). The number of nitrogens with one attached hydrogen (secondary N) is 2. The fraction of sp³-hybridized carbons (Fsp3) is 0.235.